The maximum Gasteiger partial charge on any atom is 0.490 e. The topological polar surface area (TPSA) is 72.5 Å². The van der Waals surface area contributed by atoms with E-state index in [1.807, 2.05) is 12.1 Å². The number of alkyl halides is 3. The van der Waals surface area contributed by atoms with Gasteiger partial charge in [-0.15, -0.1) is 0 Å². The summed E-state index contributed by atoms with van der Waals surface area (Å²) in [6.45, 7) is 0. The fourth-order valence-corrected chi connectivity index (χ4v) is 4.92. The van der Waals surface area contributed by atoms with E-state index in [1.54, 1.807) is 42.5 Å². The Kier molecular flexibility index (Phi) is 7.61. The quantitative estimate of drug-likeness (QED) is 0.339. The van der Waals surface area contributed by atoms with E-state index in [9.17, 15) is 18.0 Å². The number of halogens is 3. The largest absolute Gasteiger partial charge is 0.497 e. The first kappa shape index (κ1) is 27.0. The number of carbonyl (C=O) groups is 1. The predicted octanol–water partition coefficient (Wildman–Crippen LogP) is 5.81. The molecule has 3 aromatic rings. The maximum absolute atomic E-state index is 13.5. The van der Waals surface area contributed by atoms with Gasteiger partial charge in [0.05, 0.1) is 35.5 Å². The summed E-state index contributed by atoms with van der Waals surface area (Å²) in [5.74, 6) is -1.52. The van der Waals surface area contributed by atoms with E-state index < -0.39 is 30.1 Å². The third kappa shape index (κ3) is 5.03. The Morgan fingerprint density at radius 1 is 0.684 bits per heavy atom. The highest BCUT2D eigenvalue weighted by Crippen LogP contribution is 2.59. The van der Waals surface area contributed by atoms with Crippen LogP contribution in [-0.4, -0.2) is 47.7 Å². The minimum absolute atomic E-state index is 0.339. The average Bonchev–Trinajstić information content (AvgIpc) is 3.25. The van der Waals surface area contributed by atoms with E-state index >= 15 is 0 Å². The molecule has 0 bridgehead atoms. The van der Waals surface area contributed by atoms with Crippen LogP contribution in [0.2, 0.25) is 0 Å². The minimum atomic E-state index is -5.20. The molecule has 202 valence electrons. The molecule has 0 spiro atoms. The second kappa shape index (κ2) is 10.7. The zero-order valence-corrected chi connectivity index (χ0v) is 21.4. The predicted molar refractivity (Wildman–Crippen MR) is 132 cm³/mol. The lowest BCUT2D eigenvalue weighted by molar-refractivity contribution is -0.206. The van der Waals surface area contributed by atoms with Crippen LogP contribution in [0.15, 0.2) is 54.6 Å². The van der Waals surface area contributed by atoms with E-state index in [4.69, 9.17) is 28.4 Å². The Bertz CT molecular complexity index is 1280. The summed E-state index contributed by atoms with van der Waals surface area (Å²) in [7, 11) is 7.36. The summed E-state index contributed by atoms with van der Waals surface area (Å²) in [6.07, 6.45) is -6.54. The van der Waals surface area contributed by atoms with Crippen LogP contribution < -0.4 is 23.7 Å². The summed E-state index contributed by atoms with van der Waals surface area (Å²) in [4.78, 5) is 12.2. The molecule has 0 aliphatic heterocycles. The second-order valence-electron chi connectivity index (χ2n) is 8.58. The van der Waals surface area contributed by atoms with Crippen molar-refractivity contribution in [3.63, 3.8) is 0 Å². The number of benzene rings is 3. The first-order valence-electron chi connectivity index (χ1n) is 11.6. The van der Waals surface area contributed by atoms with Crippen LogP contribution >= 0.6 is 0 Å². The van der Waals surface area contributed by atoms with Crippen LogP contribution in [0.3, 0.4) is 0 Å². The summed E-state index contributed by atoms with van der Waals surface area (Å²) < 4.78 is 72.8. The van der Waals surface area contributed by atoms with Gasteiger partial charge in [-0.25, -0.2) is 4.79 Å². The molecule has 0 saturated heterocycles. The zero-order chi connectivity index (χ0) is 27.6. The van der Waals surface area contributed by atoms with Gasteiger partial charge in [0.2, 0.25) is 0 Å². The minimum Gasteiger partial charge on any atom is -0.497 e. The lowest BCUT2D eigenvalue weighted by atomic mass is 9.80. The van der Waals surface area contributed by atoms with Gasteiger partial charge in [-0.3, -0.25) is 0 Å². The van der Waals surface area contributed by atoms with Crippen LogP contribution in [0.25, 0.3) is 0 Å². The highest BCUT2D eigenvalue weighted by molar-refractivity contribution is 5.76. The van der Waals surface area contributed by atoms with E-state index in [0.29, 0.717) is 45.4 Å². The Hall–Kier alpha value is -4.08. The summed E-state index contributed by atoms with van der Waals surface area (Å²) >= 11 is 0. The molecule has 0 amide bonds. The molecule has 0 aromatic heterocycles. The number of carbonyl (C=O) groups excluding carboxylic acids is 1. The van der Waals surface area contributed by atoms with Crippen LogP contribution in [0.1, 0.15) is 40.2 Å². The lowest BCUT2D eigenvalue weighted by Gasteiger charge is -2.27. The van der Waals surface area contributed by atoms with Gasteiger partial charge in [0.25, 0.3) is 0 Å². The number of hydrogen-bond donors (Lipinski definition) is 0. The Morgan fingerprint density at radius 2 is 1.24 bits per heavy atom. The third-order valence-electron chi connectivity index (χ3n) is 6.61. The molecule has 0 unspecified atom stereocenters. The fraction of sp³-hybridized carbons (Fsp3) is 0.321. The van der Waals surface area contributed by atoms with Crippen LogP contribution in [-0.2, 0) is 9.53 Å². The Morgan fingerprint density at radius 3 is 1.74 bits per heavy atom. The molecule has 0 heterocycles. The molecule has 7 nitrogen and oxygen atoms in total. The van der Waals surface area contributed by atoms with Crippen molar-refractivity contribution in [3.05, 3.63) is 76.9 Å². The van der Waals surface area contributed by atoms with Gasteiger partial charge in [0.15, 0.2) is 0 Å². The van der Waals surface area contributed by atoms with Gasteiger partial charge in [-0.2, -0.15) is 13.2 Å². The van der Waals surface area contributed by atoms with Crippen LogP contribution in [0, 0.1) is 0 Å². The van der Waals surface area contributed by atoms with Gasteiger partial charge in [-0.1, -0.05) is 12.1 Å². The average molecular weight is 533 g/mol. The van der Waals surface area contributed by atoms with Gasteiger partial charge >= 0.3 is 12.1 Å². The van der Waals surface area contributed by atoms with E-state index in [1.165, 1.54) is 35.5 Å². The number of ether oxygens (including phenoxy) is 6. The van der Waals surface area contributed by atoms with Crippen molar-refractivity contribution in [2.45, 2.75) is 24.1 Å². The standard InChI is InChI=1S/C28H27F3O7/c1-33-17-8-6-15(7-9-17)23-24(16-10-18(34-2)12-19(11-16)35-3)26(38-27(32)28(29,30)31)21-13-20(36-4)14-22(37-5)25(21)23/h6-14,23-24,26H,1-5H3/t23-,24-,26-/m1/s1. The lowest BCUT2D eigenvalue weighted by Crippen LogP contribution is -2.28. The number of esters is 1. The van der Waals surface area contributed by atoms with Gasteiger partial charge in [0, 0.05) is 35.1 Å². The highest BCUT2D eigenvalue weighted by atomic mass is 19.4. The molecule has 0 fully saturated rings. The van der Waals surface area contributed by atoms with Crippen molar-refractivity contribution in [3.8, 4) is 28.7 Å². The normalized spacial score (nSPS) is 18.4. The molecule has 3 aromatic carbocycles. The molecule has 38 heavy (non-hydrogen) atoms. The number of rotatable bonds is 8. The number of hydrogen-bond acceptors (Lipinski definition) is 7. The summed E-state index contributed by atoms with van der Waals surface area (Å²) in [5, 5.41) is 0. The molecule has 1 aliphatic carbocycles. The van der Waals surface area contributed by atoms with Crippen molar-refractivity contribution in [2.75, 3.05) is 35.5 Å². The maximum atomic E-state index is 13.5. The molecule has 10 heteroatoms. The van der Waals surface area contributed by atoms with Crippen molar-refractivity contribution < 1.29 is 46.4 Å². The smallest absolute Gasteiger partial charge is 0.490 e. The van der Waals surface area contributed by atoms with Gasteiger partial charge in [0.1, 0.15) is 34.9 Å². The van der Waals surface area contributed by atoms with Gasteiger partial charge < -0.3 is 28.4 Å². The number of methoxy groups -OCH3 is 5. The molecule has 0 N–H and O–H groups in total. The molecule has 3 atom stereocenters. The molecule has 1 aliphatic rings. The zero-order valence-electron chi connectivity index (χ0n) is 21.4. The van der Waals surface area contributed by atoms with Crippen LogP contribution in [0.5, 0.6) is 28.7 Å². The van der Waals surface area contributed by atoms with E-state index in [-0.39, 0.29) is 0 Å². The fourth-order valence-electron chi connectivity index (χ4n) is 4.92. The van der Waals surface area contributed by atoms with E-state index in [2.05, 4.69) is 0 Å². The van der Waals surface area contributed by atoms with Crippen LogP contribution in [0.4, 0.5) is 13.2 Å². The summed E-state index contributed by atoms with van der Waals surface area (Å²) in [5.41, 5.74) is 2.20. The molecule has 0 saturated carbocycles. The monoisotopic (exact) mass is 532 g/mol. The number of fused-ring (bicyclic) bond motifs is 1. The van der Waals surface area contributed by atoms with Gasteiger partial charge in [-0.05, 0) is 41.5 Å². The van der Waals surface area contributed by atoms with E-state index in [0.717, 1.165) is 5.56 Å². The molecular formula is C28H27F3O7. The second-order valence-corrected chi connectivity index (χ2v) is 8.58. The summed E-state index contributed by atoms with van der Waals surface area (Å²) in [6, 6.07) is 15.4. The van der Waals surface area contributed by atoms with Crippen molar-refractivity contribution in [2.24, 2.45) is 0 Å². The van der Waals surface area contributed by atoms with Crippen molar-refractivity contribution in [1.29, 1.82) is 0 Å². The molecule has 0 radical (unpaired) electrons. The van der Waals surface area contributed by atoms with Crippen molar-refractivity contribution in [1.82, 2.24) is 0 Å². The first-order valence-corrected chi connectivity index (χ1v) is 11.6. The molecular weight excluding hydrogens is 505 g/mol. The Balaban J connectivity index is 2.03. The molecule has 4 rings (SSSR count). The highest BCUT2D eigenvalue weighted by Gasteiger charge is 2.50. The third-order valence-corrected chi connectivity index (χ3v) is 6.61. The van der Waals surface area contributed by atoms with Crippen molar-refractivity contribution >= 4 is 5.97 Å². The Labute approximate surface area is 218 Å². The first-order chi connectivity index (χ1) is 18.1. The SMILES string of the molecule is COc1ccc([C@H]2c3c(OC)cc(OC)cc3[C@@H](OC(=O)C(F)(F)F)[C@@H]2c2cc(OC)cc(OC)c2)cc1.